The van der Waals surface area contributed by atoms with E-state index in [-0.39, 0.29) is 10.9 Å². The molecular weight excluding hydrogens is 486 g/mol. The lowest BCUT2D eigenvalue weighted by atomic mass is 10.0. The van der Waals surface area contributed by atoms with Crippen LogP contribution in [0.25, 0.3) is 22.2 Å². The van der Waals surface area contributed by atoms with E-state index in [0.29, 0.717) is 17.3 Å². The molecule has 0 bridgehead atoms. The summed E-state index contributed by atoms with van der Waals surface area (Å²) in [7, 11) is -1.76. The van der Waals surface area contributed by atoms with Crippen LogP contribution in [0.5, 0.6) is 5.88 Å². The first-order chi connectivity index (χ1) is 17.8. The van der Waals surface area contributed by atoms with Crippen LogP contribution in [0.3, 0.4) is 0 Å². The quantitative estimate of drug-likeness (QED) is 0.321. The number of imidazole rings is 1. The van der Waals surface area contributed by atoms with E-state index in [1.165, 1.54) is 12.1 Å². The van der Waals surface area contributed by atoms with E-state index >= 15 is 0 Å². The van der Waals surface area contributed by atoms with Gasteiger partial charge in [0.15, 0.2) is 9.84 Å². The van der Waals surface area contributed by atoms with Gasteiger partial charge in [0, 0.05) is 24.1 Å². The third-order valence-corrected chi connectivity index (χ3v) is 7.66. The largest absolute Gasteiger partial charge is 0.481 e. The second-order valence-electron chi connectivity index (χ2n) is 8.96. The summed E-state index contributed by atoms with van der Waals surface area (Å²) in [5, 5.41) is 11.5. The average molecular weight is 514 g/mol. The van der Waals surface area contributed by atoms with Gasteiger partial charge in [-0.25, -0.2) is 18.4 Å². The van der Waals surface area contributed by atoms with E-state index in [1.807, 2.05) is 65.2 Å². The van der Waals surface area contributed by atoms with Crippen molar-refractivity contribution in [3.63, 3.8) is 0 Å². The fourth-order valence-corrected chi connectivity index (χ4v) is 5.12. The number of fused-ring (bicyclic) bond motifs is 1. The van der Waals surface area contributed by atoms with Gasteiger partial charge in [0.05, 0.1) is 29.1 Å². The Morgan fingerprint density at radius 1 is 0.892 bits per heavy atom. The normalized spacial score (nSPS) is 13.4. The Morgan fingerprint density at radius 3 is 2.22 bits per heavy atom. The van der Waals surface area contributed by atoms with Crippen molar-refractivity contribution in [2.24, 2.45) is 0 Å². The standard InChI is InChI=1S/C29H27N3O4S/c1-19(20-7-5-4-6-8-20)32-26-17-22(23-12-16-27(36-2)30-18-23)11-15-25(26)31-29(32)28(33)21-9-13-24(14-10-21)37(3,34)35/h4-19,28,33H,1-3H3/t19-,28?/m0/s1. The van der Waals surface area contributed by atoms with Gasteiger partial charge in [-0.3, -0.25) is 0 Å². The average Bonchev–Trinajstić information content (AvgIpc) is 3.31. The maximum atomic E-state index is 11.9. The summed E-state index contributed by atoms with van der Waals surface area (Å²) in [6, 6.07) is 25.9. The number of ether oxygens (including phenoxy) is 1. The van der Waals surface area contributed by atoms with Gasteiger partial charge in [0.2, 0.25) is 5.88 Å². The predicted octanol–water partition coefficient (Wildman–Crippen LogP) is 5.20. The number of hydrogen-bond acceptors (Lipinski definition) is 6. The summed E-state index contributed by atoms with van der Waals surface area (Å²) in [4.78, 5) is 9.36. The van der Waals surface area contributed by atoms with Crippen molar-refractivity contribution in [2.75, 3.05) is 13.4 Å². The van der Waals surface area contributed by atoms with Crippen LogP contribution in [0.15, 0.2) is 96.0 Å². The summed E-state index contributed by atoms with van der Waals surface area (Å²) >= 11 is 0. The predicted molar refractivity (Wildman–Crippen MR) is 143 cm³/mol. The van der Waals surface area contributed by atoms with Gasteiger partial charge >= 0.3 is 0 Å². The molecule has 0 saturated carbocycles. The fourth-order valence-electron chi connectivity index (χ4n) is 4.49. The molecule has 0 radical (unpaired) electrons. The molecule has 0 spiro atoms. The third-order valence-electron chi connectivity index (χ3n) is 6.53. The topological polar surface area (TPSA) is 94.3 Å². The molecule has 188 valence electrons. The van der Waals surface area contributed by atoms with Gasteiger partial charge in [0.1, 0.15) is 11.9 Å². The van der Waals surface area contributed by atoms with E-state index in [1.54, 1.807) is 25.4 Å². The molecule has 0 aliphatic rings. The van der Waals surface area contributed by atoms with Crippen molar-refractivity contribution in [3.8, 4) is 17.0 Å². The molecule has 8 heteroatoms. The molecule has 1 N–H and O–H groups in total. The maximum Gasteiger partial charge on any atom is 0.212 e. The molecule has 5 aromatic rings. The Hall–Kier alpha value is -4.01. The Labute approximate surface area is 216 Å². The first-order valence-electron chi connectivity index (χ1n) is 11.8. The van der Waals surface area contributed by atoms with Crippen LogP contribution >= 0.6 is 0 Å². The highest BCUT2D eigenvalue weighted by atomic mass is 32.2. The second kappa shape index (κ2) is 9.80. The smallest absolute Gasteiger partial charge is 0.212 e. The van der Waals surface area contributed by atoms with E-state index in [0.717, 1.165) is 34.0 Å². The van der Waals surface area contributed by atoms with E-state index in [2.05, 4.69) is 11.9 Å². The lowest BCUT2D eigenvalue weighted by Crippen LogP contribution is -2.15. The monoisotopic (exact) mass is 513 g/mol. The minimum Gasteiger partial charge on any atom is -0.481 e. The van der Waals surface area contributed by atoms with Crippen molar-refractivity contribution in [1.29, 1.82) is 0 Å². The van der Waals surface area contributed by atoms with Crippen molar-refractivity contribution in [2.45, 2.75) is 24.0 Å². The number of aromatic nitrogens is 3. The summed E-state index contributed by atoms with van der Waals surface area (Å²) < 4.78 is 31.0. The molecule has 0 saturated heterocycles. The molecule has 3 aromatic carbocycles. The molecule has 0 aliphatic carbocycles. The lowest BCUT2D eigenvalue weighted by molar-refractivity contribution is 0.204. The minimum atomic E-state index is -3.34. The minimum absolute atomic E-state index is 0.129. The number of nitrogens with zero attached hydrogens (tertiary/aromatic N) is 3. The number of hydrogen-bond donors (Lipinski definition) is 1. The van der Waals surface area contributed by atoms with Crippen LogP contribution in [0.1, 0.15) is 36.0 Å². The lowest BCUT2D eigenvalue weighted by Gasteiger charge is -2.21. The number of aliphatic hydroxyl groups is 1. The molecule has 0 aliphatic heterocycles. The van der Waals surface area contributed by atoms with Gasteiger partial charge in [-0.05, 0) is 53.9 Å². The summed E-state index contributed by atoms with van der Waals surface area (Å²) in [6.45, 7) is 2.07. The summed E-state index contributed by atoms with van der Waals surface area (Å²) in [5.74, 6) is 1.02. The van der Waals surface area contributed by atoms with Gasteiger partial charge in [0.25, 0.3) is 0 Å². The number of sulfone groups is 1. The van der Waals surface area contributed by atoms with Crippen LogP contribution in [-0.4, -0.2) is 41.4 Å². The zero-order valence-electron chi connectivity index (χ0n) is 20.7. The molecule has 2 atom stereocenters. The number of benzene rings is 3. The molecule has 0 amide bonds. The van der Waals surface area contributed by atoms with Crippen molar-refractivity contribution in [3.05, 3.63) is 108 Å². The second-order valence-corrected chi connectivity index (χ2v) is 11.0. The van der Waals surface area contributed by atoms with Gasteiger partial charge in [-0.2, -0.15) is 0 Å². The molecule has 2 heterocycles. The molecule has 2 aromatic heterocycles. The number of methoxy groups -OCH3 is 1. The Kier molecular flexibility index (Phi) is 6.54. The van der Waals surface area contributed by atoms with E-state index in [4.69, 9.17) is 9.72 Å². The summed E-state index contributed by atoms with van der Waals surface area (Å²) in [6.07, 6.45) is 1.87. The highest BCUT2D eigenvalue weighted by Crippen LogP contribution is 2.34. The molecule has 0 fully saturated rings. The SMILES string of the molecule is COc1ccc(-c2ccc3nc(C(O)c4ccc(S(C)(=O)=O)cc4)n([C@@H](C)c4ccccc4)c3c2)cn1. The van der Waals surface area contributed by atoms with E-state index in [9.17, 15) is 13.5 Å². The molecular formula is C29H27N3O4S. The van der Waals surface area contributed by atoms with Gasteiger partial charge in [-0.1, -0.05) is 48.5 Å². The van der Waals surface area contributed by atoms with Crippen molar-refractivity contribution in [1.82, 2.24) is 14.5 Å². The molecule has 1 unspecified atom stereocenters. The number of aliphatic hydroxyl groups excluding tert-OH is 1. The van der Waals surface area contributed by atoms with Gasteiger partial charge in [-0.15, -0.1) is 0 Å². The highest BCUT2D eigenvalue weighted by molar-refractivity contribution is 7.90. The Bertz CT molecular complexity index is 1650. The Balaban J connectivity index is 1.65. The van der Waals surface area contributed by atoms with Crippen LogP contribution in [0.2, 0.25) is 0 Å². The van der Waals surface area contributed by atoms with Crippen LogP contribution in [0, 0.1) is 0 Å². The van der Waals surface area contributed by atoms with Crippen LogP contribution < -0.4 is 4.74 Å². The maximum absolute atomic E-state index is 11.9. The van der Waals surface area contributed by atoms with Crippen LogP contribution in [0.4, 0.5) is 0 Å². The highest BCUT2D eigenvalue weighted by Gasteiger charge is 2.24. The zero-order chi connectivity index (χ0) is 26.2. The van der Waals surface area contributed by atoms with Crippen molar-refractivity contribution < 1.29 is 18.3 Å². The summed E-state index contributed by atoms with van der Waals surface area (Å²) in [5.41, 5.74) is 5.13. The third kappa shape index (κ3) is 4.85. The van der Waals surface area contributed by atoms with E-state index < -0.39 is 15.9 Å². The molecule has 7 nitrogen and oxygen atoms in total. The van der Waals surface area contributed by atoms with Crippen molar-refractivity contribution >= 4 is 20.9 Å². The first kappa shape index (κ1) is 24.7. The fraction of sp³-hybridized carbons (Fsp3) is 0.172. The zero-order valence-corrected chi connectivity index (χ0v) is 21.6. The Morgan fingerprint density at radius 2 is 1.59 bits per heavy atom. The van der Waals surface area contributed by atoms with Gasteiger partial charge < -0.3 is 14.4 Å². The molecule has 37 heavy (non-hydrogen) atoms. The molecule has 5 rings (SSSR count). The first-order valence-corrected chi connectivity index (χ1v) is 13.7. The van der Waals surface area contributed by atoms with Crippen LogP contribution in [-0.2, 0) is 9.84 Å². The number of rotatable bonds is 7. The number of pyridine rings is 1.